The van der Waals surface area contributed by atoms with Gasteiger partial charge in [0.2, 0.25) is 5.91 Å². The number of halogens is 2. The van der Waals surface area contributed by atoms with Crippen molar-refractivity contribution in [2.24, 2.45) is 10.7 Å². The van der Waals surface area contributed by atoms with Crippen LogP contribution in [-0.4, -0.2) is 35.2 Å². The third kappa shape index (κ3) is 3.97. The Labute approximate surface area is 191 Å². The second kappa shape index (κ2) is 8.90. The number of hydrogen-bond donors (Lipinski definition) is 1. The van der Waals surface area contributed by atoms with E-state index in [0.29, 0.717) is 29.7 Å². The number of carbonyl (C=O) groups is 2. The molecule has 2 N–H and O–H groups in total. The minimum atomic E-state index is -1.11. The molecule has 1 unspecified atom stereocenters. The summed E-state index contributed by atoms with van der Waals surface area (Å²) < 4.78 is 19.0. The number of aliphatic imine (C=N–C) groups is 1. The van der Waals surface area contributed by atoms with E-state index >= 15 is 0 Å². The summed E-state index contributed by atoms with van der Waals surface area (Å²) in [5.74, 6) is -1.03. The number of nitrogens with zero attached hydrogens (tertiary/aromatic N) is 2. The van der Waals surface area contributed by atoms with Crippen LogP contribution in [0.25, 0.3) is 0 Å². The maximum atomic E-state index is 13.8. The summed E-state index contributed by atoms with van der Waals surface area (Å²) in [5, 5.41) is -0.133. The van der Waals surface area contributed by atoms with Crippen molar-refractivity contribution < 1.29 is 18.7 Å². The summed E-state index contributed by atoms with van der Waals surface area (Å²) in [6.07, 6.45) is 5.05. The average Bonchev–Trinajstić information content (AvgIpc) is 2.92. The zero-order chi connectivity index (χ0) is 22.9. The van der Waals surface area contributed by atoms with Gasteiger partial charge < -0.3 is 10.5 Å². The first-order valence-electron chi connectivity index (χ1n) is 10.7. The van der Waals surface area contributed by atoms with Gasteiger partial charge in [0.1, 0.15) is 29.0 Å². The highest BCUT2D eigenvalue weighted by atomic mass is 35.5. The van der Waals surface area contributed by atoms with Crippen LogP contribution in [0.5, 0.6) is 5.75 Å². The molecule has 6 nitrogen and oxygen atoms in total. The van der Waals surface area contributed by atoms with E-state index in [1.165, 1.54) is 23.1 Å². The van der Waals surface area contributed by atoms with E-state index in [2.05, 4.69) is 0 Å². The molecule has 0 aromatic heterocycles. The molecular weight excluding hydrogens is 433 g/mol. The molecule has 1 heterocycles. The van der Waals surface area contributed by atoms with Crippen molar-refractivity contribution >= 4 is 29.1 Å². The smallest absolute Gasteiger partial charge is 0.275 e. The van der Waals surface area contributed by atoms with E-state index in [0.717, 1.165) is 25.7 Å². The molecule has 2 aromatic rings. The third-order valence-electron chi connectivity index (χ3n) is 6.24. The Hall–Kier alpha value is -2.93. The molecule has 0 saturated heterocycles. The summed E-state index contributed by atoms with van der Waals surface area (Å²) in [7, 11) is 1.57. The summed E-state index contributed by atoms with van der Waals surface area (Å²) in [5.41, 5.74) is 6.22. The normalized spacial score (nSPS) is 18.9. The number of methoxy groups -OCH3 is 1. The molecule has 1 aliphatic carbocycles. The number of carbonyl (C=O) groups excluding carboxylic acids is 2. The molecule has 2 aliphatic rings. The van der Waals surface area contributed by atoms with E-state index in [1.807, 2.05) is 0 Å². The average molecular weight is 458 g/mol. The van der Waals surface area contributed by atoms with Crippen molar-refractivity contribution in [3.8, 4) is 5.75 Å². The number of nitrogens with two attached hydrogens (primary N) is 1. The number of benzene rings is 2. The zero-order valence-electron chi connectivity index (χ0n) is 17.8. The van der Waals surface area contributed by atoms with Gasteiger partial charge in [-0.2, -0.15) is 0 Å². The molecule has 8 heteroatoms. The van der Waals surface area contributed by atoms with Crippen LogP contribution in [0.3, 0.4) is 0 Å². The number of rotatable bonds is 5. The highest BCUT2D eigenvalue weighted by molar-refractivity contribution is 6.47. The molecule has 0 bridgehead atoms. The quantitative estimate of drug-likeness (QED) is 0.722. The molecule has 32 heavy (non-hydrogen) atoms. The number of hydrogen-bond acceptors (Lipinski definition) is 4. The van der Waals surface area contributed by atoms with E-state index in [4.69, 9.17) is 27.1 Å². The van der Waals surface area contributed by atoms with Gasteiger partial charge in [0.05, 0.1) is 12.1 Å². The summed E-state index contributed by atoms with van der Waals surface area (Å²) in [6.45, 7) is 0. The van der Waals surface area contributed by atoms with Gasteiger partial charge in [-0.3, -0.25) is 19.5 Å². The van der Waals surface area contributed by atoms with Crippen molar-refractivity contribution in [1.29, 1.82) is 0 Å². The van der Waals surface area contributed by atoms with Crippen LogP contribution in [0.4, 0.5) is 4.39 Å². The first-order valence-corrected chi connectivity index (χ1v) is 11.1. The van der Waals surface area contributed by atoms with Gasteiger partial charge in [0, 0.05) is 5.56 Å². The minimum absolute atomic E-state index is 0.133. The fourth-order valence-corrected chi connectivity index (χ4v) is 4.87. The lowest BCUT2D eigenvalue weighted by Crippen LogP contribution is -2.52. The maximum absolute atomic E-state index is 13.8. The third-order valence-corrected chi connectivity index (χ3v) is 6.53. The van der Waals surface area contributed by atoms with E-state index < -0.39 is 23.4 Å². The molecule has 1 fully saturated rings. The van der Waals surface area contributed by atoms with Crippen LogP contribution < -0.4 is 10.5 Å². The molecule has 1 atom stereocenters. The Morgan fingerprint density at radius 1 is 1.16 bits per heavy atom. The SMILES string of the molecule is COc1ccc(C2=NC3(CCCCCC3)N(C(C(N)=O)c3ccc(F)c(Cl)c3)C2=O)cc1. The molecule has 0 radical (unpaired) electrons. The fraction of sp³-hybridized carbons (Fsp3) is 0.375. The van der Waals surface area contributed by atoms with Gasteiger partial charge >= 0.3 is 0 Å². The molecule has 1 aliphatic heterocycles. The number of ether oxygens (including phenoxy) is 1. The van der Waals surface area contributed by atoms with Gasteiger partial charge in [-0.05, 0) is 67.6 Å². The lowest BCUT2D eigenvalue weighted by molar-refractivity contribution is -0.140. The highest BCUT2D eigenvalue weighted by Gasteiger charge is 2.51. The standard InChI is InChI=1S/C24H25ClFN3O3/c1-32-17-9-6-15(7-10-17)20-23(31)29(24(28-20)12-4-2-3-5-13-24)21(22(27)30)16-8-11-19(26)18(25)14-16/h6-11,14,21H,2-5,12-13H2,1H3,(H2,27,30). The Morgan fingerprint density at radius 3 is 2.38 bits per heavy atom. The predicted octanol–water partition coefficient (Wildman–Crippen LogP) is 4.40. The van der Waals surface area contributed by atoms with Crippen LogP contribution in [0.1, 0.15) is 55.7 Å². The topological polar surface area (TPSA) is 85.0 Å². The summed E-state index contributed by atoms with van der Waals surface area (Å²) >= 11 is 5.99. The van der Waals surface area contributed by atoms with E-state index in [-0.39, 0.29) is 16.6 Å². The Bertz CT molecular complexity index is 1060. The van der Waals surface area contributed by atoms with Gasteiger partial charge in [0.15, 0.2) is 0 Å². The second-order valence-corrected chi connectivity index (χ2v) is 8.65. The van der Waals surface area contributed by atoms with Gasteiger partial charge in [-0.25, -0.2) is 4.39 Å². The minimum Gasteiger partial charge on any atom is -0.497 e. The number of primary amides is 1. The van der Waals surface area contributed by atoms with Crippen molar-refractivity contribution in [3.05, 3.63) is 64.4 Å². The lowest BCUT2D eigenvalue weighted by atomic mass is 9.94. The molecule has 2 aromatic carbocycles. The lowest BCUT2D eigenvalue weighted by Gasteiger charge is -2.40. The molecule has 2 amide bonds. The van der Waals surface area contributed by atoms with Crippen LogP contribution in [0.2, 0.25) is 5.02 Å². The van der Waals surface area contributed by atoms with Crippen LogP contribution >= 0.6 is 11.6 Å². The Kier molecular flexibility index (Phi) is 6.20. The van der Waals surface area contributed by atoms with Crippen LogP contribution in [-0.2, 0) is 9.59 Å². The molecule has 168 valence electrons. The van der Waals surface area contributed by atoms with Crippen molar-refractivity contribution in [1.82, 2.24) is 4.90 Å². The van der Waals surface area contributed by atoms with E-state index in [1.54, 1.807) is 31.4 Å². The molecular formula is C24H25ClFN3O3. The molecule has 1 saturated carbocycles. The zero-order valence-corrected chi connectivity index (χ0v) is 18.6. The van der Waals surface area contributed by atoms with Crippen LogP contribution in [0, 0.1) is 5.82 Å². The largest absolute Gasteiger partial charge is 0.497 e. The van der Waals surface area contributed by atoms with Crippen molar-refractivity contribution in [2.75, 3.05) is 7.11 Å². The van der Waals surface area contributed by atoms with Gasteiger partial charge in [0.25, 0.3) is 5.91 Å². The molecule has 4 rings (SSSR count). The Balaban J connectivity index is 1.83. The Morgan fingerprint density at radius 2 is 1.81 bits per heavy atom. The highest BCUT2D eigenvalue weighted by Crippen LogP contribution is 2.44. The van der Waals surface area contributed by atoms with Gasteiger partial charge in [-0.15, -0.1) is 0 Å². The predicted molar refractivity (Wildman–Crippen MR) is 120 cm³/mol. The first-order chi connectivity index (χ1) is 15.4. The summed E-state index contributed by atoms with van der Waals surface area (Å²) in [6, 6.07) is 9.94. The van der Waals surface area contributed by atoms with Crippen molar-refractivity contribution in [3.63, 3.8) is 0 Å². The second-order valence-electron chi connectivity index (χ2n) is 8.24. The molecule has 1 spiro atoms. The fourth-order valence-electron chi connectivity index (χ4n) is 4.68. The van der Waals surface area contributed by atoms with Crippen LogP contribution in [0.15, 0.2) is 47.5 Å². The van der Waals surface area contributed by atoms with Crippen molar-refractivity contribution in [2.45, 2.75) is 50.2 Å². The summed E-state index contributed by atoms with van der Waals surface area (Å²) in [4.78, 5) is 32.9. The first kappa shape index (κ1) is 22.3. The number of amides is 2. The maximum Gasteiger partial charge on any atom is 0.275 e. The monoisotopic (exact) mass is 457 g/mol. The van der Waals surface area contributed by atoms with Gasteiger partial charge in [-0.1, -0.05) is 30.5 Å². The van der Waals surface area contributed by atoms with E-state index in [9.17, 15) is 14.0 Å².